The molecular weight excluding hydrogens is 276 g/mol. The van der Waals surface area contributed by atoms with Gasteiger partial charge in [0.1, 0.15) is 26.9 Å². The Morgan fingerprint density at radius 2 is 2.15 bits per heavy atom. The second-order valence-corrected chi connectivity index (χ2v) is 7.61. The molecule has 3 rings (SSSR count). The van der Waals surface area contributed by atoms with Crippen LogP contribution in [0.2, 0.25) is 0 Å². The van der Waals surface area contributed by atoms with Crippen molar-refractivity contribution in [3.8, 4) is 5.75 Å². The Morgan fingerprint density at radius 1 is 1.40 bits per heavy atom. The van der Waals surface area contributed by atoms with Crippen LogP contribution in [0.5, 0.6) is 5.75 Å². The predicted molar refractivity (Wildman–Crippen MR) is 76.8 cm³/mol. The summed E-state index contributed by atoms with van der Waals surface area (Å²) in [5, 5.41) is 0. The number of ether oxygens (including phenoxy) is 1. The molecule has 1 aliphatic heterocycles. The summed E-state index contributed by atoms with van der Waals surface area (Å²) in [6.07, 6.45) is 6.08. The van der Waals surface area contributed by atoms with Gasteiger partial charge in [0, 0.05) is 12.6 Å². The molecule has 20 heavy (non-hydrogen) atoms. The molecule has 5 nitrogen and oxygen atoms in total. The standard InChI is InChI=1S/C14H18N2O3S/c1-19-13-3-2-6-16-12(13)10-15-14(16)9-11-4-7-20(17,18)8-5-11/h2-3,6,10-11H,4-5,7-9H2,1H3. The zero-order chi connectivity index (χ0) is 14.2. The van der Waals surface area contributed by atoms with Gasteiger partial charge in [-0.25, -0.2) is 13.4 Å². The van der Waals surface area contributed by atoms with E-state index in [9.17, 15) is 8.42 Å². The minimum absolute atomic E-state index is 0.310. The van der Waals surface area contributed by atoms with E-state index >= 15 is 0 Å². The summed E-state index contributed by atoms with van der Waals surface area (Å²) in [5.74, 6) is 2.80. The Balaban J connectivity index is 1.82. The molecule has 0 amide bonds. The number of rotatable bonds is 3. The predicted octanol–water partition coefficient (Wildman–Crippen LogP) is 1.71. The van der Waals surface area contributed by atoms with E-state index in [1.54, 1.807) is 7.11 Å². The molecule has 3 heterocycles. The molecule has 6 heteroatoms. The summed E-state index contributed by atoms with van der Waals surface area (Å²) in [6.45, 7) is 0. The fourth-order valence-corrected chi connectivity index (χ4v) is 4.36. The quantitative estimate of drug-likeness (QED) is 0.864. The molecule has 0 bridgehead atoms. The molecule has 1 saturated heterocycles. The number of fused-ring (bicyclic) bond motifs is 1. The second kappa shape index (κ2) is 5.09. The van der Waals surface area contributed by atoms with Crippen molar-refractivity contribution in [2.45, 2.75) is 19.3 Å². The lowest BCUT2D eigenvalue weighted by molar-refractivity contribution is 0.417. The maximum absolute atomic E-state index is 11.5. The number of imidazole rings is 1. The number of nitrogens with zero attached hydrogens (tertiary/aromatic N) is 2. The third kappa shape index (κ3) is 2.52. The third-order valence-corrected chi connectivity index (χ3v) is 5.69. The Labute approximate surface area is 118 Å². The lowest BCUT2D eigenvalue weighted by atomic mass is 9.98. The van der Waals surface area contributed by atoms with Gasteiger partial charge in [0.25, 0.3) is 0 Å². The summed E-state index contributed by atoms with van der Waals surface area (Å²) in [7, 11) is -1.15. The first kappa shape index (κ1) is 13.4. The van der Waals surface area contributed by atoms with Gasteiger partial charge < -0.3 is 9.14 Å². The molecule has 0 radical (unpaired) electrons. The highest BCUT2D eigenvalue weighted by atomic mass is 32.2. The van der Waals surface area contributed by atoms with Gasteiger partial charge in [-0.3, -0.25) is 0 Å². The zero-order valence-electron chi connectivity index (χ0n) is 11.4. The number of aromatic nitrogens is 2. The highest BCUT2D eigenvalue weighted by molar-refractivity contribution is 7.91. The van der Waals surface area contributed by atoms with Crippen LogP contribution in [0.15, 0.2) is 24.5 Å². The molecule has 0 spiro atoms. The number of sulfone groups is 1. The number of methoxy groups -OCH3 is 1. The van der Waals surface area contributed by atoms with Crippen molar-refractivity contribution in [2.75, 3.05) is 18.6 Å². The highest BCUT2D eigenvalue weighted by Crippen LogP contribution is 2.25. The van der Waals surface area contributed by atoms with Crippen LogP contribution in [0.1, 0.15) is 18.7 Å². The van der Waals surface area contributed by atoms with E-state index in [-0.39, 0.29) is 0 Å². The van der Waals surface area contributed by atoms with E-state index in [0.29, 0.717) is 17.4 Å². The van der Waals surface area contributed by atoms with Crippen molar-refractivity contribution in [1.29, 1.82) is 0 Å². The lowest BCUT2D eigenvalue weighted by Gasteiger charge is -2.21. The van der Waals surface area contributed by atoms with E-state index in [2.05, 4.69) is 4.98 Å². The van der Waals surface area contributed by atoms with Gasteiger partial charge in [-0.05, 0) is 30.9 Å². The zero-order valence-corrected chi connectivity index (χ0v) is 12.3. The van der Waals surface area contributed by atoms with Crippen LogP contribution in [0.25, 0.3) is 5.52 Å². The molecular formula is C14H18N2O3S. The van der Waals surface area contributed by atoms with E-state index in [1.165, 1.54) is 0 Å². The average Bonchev–Trinajstić information content (AvgIpc) is 2.84. The van der Waals surface area contributed by atoms with E-state index in [1.807, 2.05) is 28.9 Å². The van der Waals surface area contributed by atoms with Gasteiger partial charge in [0.05, 0.1) is 24.8 Å². The van der Waals surface area contributed by atoms with Gasteiger partial charge in [-0.2, -0.15) is 0 Å². The summed E-state index contributed by atoms with van der Waals surface area (Å²) in [4.78, 5) is 4.47. The van der Waals surface area contributed by atoms with Crippen molar-refractivity contribution < 1.29 is 13.2 Å². The summed E-state index contributed by atoms with van der Waals surface area (Å²) in [5.41, 5.74) is 0.952. The average molecular weight is 294 g/mol. The molecule has 1 aliphatic rings. The van der Waals surface area contributed by atoms with Crippen molar-refractivity contribution in [2.24, 2.45) is 5.92 Å². The second-order valence-electron chi connectivity index (χ2n) is 5.31. The third-order valence-electron chi connectivity index (χ3n) is 3.97. The van der Waals surface area contributed by atoms with Gasteiger partial charge in [-0.15, -0.1) is 0 Å². The first-order valence-electron chi connectivity index (χ1n) is 6.78. The Morgan fingerprint density at radius 3 is 2.85 bits per heavy atom. The van der Waals surface area contributed by atoms with E-state index < -0.39 is 9.84 Å². The van der Waals surface area contributed by atoms with Crippen LogP contribution < -0.4 is 4.74 Å². The van der Waals surface area contributed by atoms with Crippen LogP contribution in [-0.2, 0) is 16.3 Å². The molecule has 0 aliphatic carbocycles. The van der Waals surface area contributed by atoms with Crippen molar-refractivity contribution >= 4 is 15.4 Å². The highest BCUT2D eigenvalue weighted by Gasteiger charge is 2.24. The SMILES string of the molecule is COc1cccn2c(CC3CCS(=O)(=O)CC3)ncc12. The number of hydrogen-bond donors (Lipinski definition) is 0. The van der Waals surface area contributed by atoms with Gasteiger partial charge in [-0.1, -0.05) is 0 Å². The van der Waals surface area contributed by atoms with Crippen LogP contribution in [0.3, 0.4) is 0 Å². The smallest absolute Gasteiger partial charge is 0.150 e. The minimum Gasteiger partial charge on any atom is -0.494 e. The van der Waals surface area contributed by atoms with Crippen LogP contribution in [0, 0.1) is 5.92 Å². The van der Waals surface area contributed by atoms with Crippen molar-refractivity contribution in [1.82, 2.24) is 9.38 Å². The molecule has 0 N–H and O–H groups in total. The maximum Gasteiger partial charge on any atom is 0.150 e. The largest absolute Gasteiger partial charge is 0.494 e. The summed E-state index contributed by atoms with van der Waals surface area (Å²) >= 11 is 0. The number of hydrogen-bond acceptors (Lipinski definition) is 4. The first-order valence-corrected chi connectivity index (χ1v) is 8.60. The maximum atomic E-state index is 11.5. The normalized spacial score (nSPS) is 19.2. The fraction of sp³-hybridized carbons (Fsp3) is 0.500. The Bertz CT molecular complexity index is 707. The van der Waals surface area contributed by atoms with Gasteiger partial charge in [0.2, 0.25) is 0 Å². The topological polar surface area (TPSA) is 60.7 Å². The van der Waals surface area contributed by atoms with E-state index in [0.717, 1.165) is 36.4 Å². The molecule has 2 aromatic heterocycles. The monoisotopic (exact) mass is 294 g/mol. The lowest BCUT2D eigenvalue weighted by Crippen LogP contribution is -2.25. The molecule has 0 unspecified atom stereocenters. The summed E-state index contributed by atoms with van der Waals surface area (Å²) < 4.78 is 30.3. The Hall–Kier alpha value is -1.56. The molecule has 2 aromatic rings. The number of pyridine rings is 1. The summed E-state index contributed by atoms with van der Waals surface area (Å²) in [6, 6.07) is 3.84. The molecule has 0 atom stereocenters. The van der Waals surface area contributed by atoms with Crippen molar-refractivity contribution in [3.63, 3.8) is 0 Å². The fourth-order valence-electron chi connectivity index (χ4n) is 2.77. The molecule has 0 saturated carbocycles. The van der Waals surface area contributed by atoms with Crippen LogP contribution in [0.4, 0.5) is 0 Å². The molecule has 108 valence electrons. The van der Waals surface area contributed by atoms with Crippen molar-refractivity contribution in [3.05, 3.63) is 30.4 Å². The minimum atomic E-state index is -2.79. The molecule has 1 fully saturated rings. The van der Waals surface area contributed by atoms with Crippen LogP contribution in [-0.4, -0.2) is 36.4 Å². The first-order chi connectivity index (χ1) is 9.59. The molecule has 0 aromatic carbocycles. The van der Waals surface area contributed by atoms with Crippen LogP contribution >= 0.6 is 0 Å². The van der Waals surface area contributed by atoms with Gasteiger partial charge in [0.15, 0.2) is 0 Å². The Kier molecular flexibility index (Phi) is 3.41. The van der Waals surface area contributed by atoms with E-state index in [4.69, 9.17) is 4.74 Å². The van der Waals surface area contributed by atoms with Gasteiger partial charge >= 0.3 is 0 Å².